The number of amides is 1. The lowest BCUT2D eigenvalue weighted by molar-refractivity contribution is -0.137. The van der Waals surface area contributed by atoms with Gasteiger partial charge < -0.3 is 10.4 Å². The summed E-state index contributed by atoms with van der Waals surface area (Å²) in [5.74, 6) is -0.960. The van der Waals surface area contributed by atoms with E-state index in [9.17, 15) is 9.59 Å². The molecule has 1 rings (SSSR count). The normalized spacial score (nSPS) is 11.9. The van der Waals surface area contributed by atoms with Crippen molar-refractivity contribution >= 4 is 44.2 Å². The third-order valence-corrected chi connectivity index (χ3v) is 3.87. The lowest BCUT2D eigenvalue weighted by atomic mass is 10.0. The summed E-state index contributed by atoms with van der Waals surface area (Å²) in [6, 6.07) is 4.81. The Kier molecular flexibility index (Phi) is 4.95. The number of carbonyl (C=O) groups is 2. The van der Waals surface area contributed by atoms with Crippen molar-refractivity contribution in [1.29, 1.82) is 0 Å². The van der Waals surface area contributed by atoms with Gasteiger partial charge in [0.05, 0.1) is 12.5 Å². The summed E-state index contributed by atoms with van der Waals surface area (Å²) >= 11 is 6.64. The SMILES string of the molecule is O=CN[C@H](CC(=O)O)c1ccc(Br)c(Br)c1. The third-order valence-electron chi connectivity index (χ3n) is 1.99. The molecule has 0 aliphatic rings. The number of carboxylic acid groups (broad SMARTS) is 1. The van der Waals surface area contributed by atoms with Crippen molar-refractivity contribution < 1.29 is 14.7 Å². The maximum Gasteiger partial charge on any atom is 0.305 e. The Hall–Kier alpha value is -0.880. The molecular weight excluding hydrogens is 342 g/mol. The first-order valence-electron chi connectivity index (χ1n) is 4.41. The van der Waals surface area contributed by atoms with Crippen LogP contribution in [0.15, 0.2) is 27.1 Å². The summed E-state index contributed by atoms with van der Waals surface area (Å²) in [5, 5.41) is 11.2. The fraction of sp³-hybridized carbons (Fsp3) is 0.200. The minimum Gasteiger partial charge on any atom is -0.481 e. The lowest BCUT2D eigenvalue weighted by Gasteiger charge is -2.14. The van der Waals surface area contributed by atoms with Crippen LogP contribution in [0.25, 0.3) is 0 Å². The standard InChI is InChI=1S/C10H9Br2NO3/c11-7-2-1-6(3-8(7)12)9(13-5-14)4-10(15)16/h1-3,5,9H,4H2,(H,13,14)(H,15,16)/t9-/m1/s1. The quantitative estimate of drug-likeness (QED) is 0.802. The van der Waals surface area contributed by atoms with Gasteiger partial charge in [-0.3, -0.25) is 9.59 Å². The number of hydrogen-bond donors (Lipinski definition) is 2. The van der Waals surface area contributed by atoms with Crippen molar-refractivity contribution in [2.24, 2.45) is 0 Å². The predicted molar refractivity (Wildman–Crippen MR) is 66.0 cm³/mol. The zero-order valence-electron chi connectivity index (χ0n) is 8.11. The average molecular weight is 351 g/mol. The molecule has 0 saturated heterocycles. The Bertz CT molecular complexity index is 409. The number of aliphatic carboxylic acids is 1. The first-order chi connectivity index (χ1) is 7.54. The van der Waals surface area contributed by atoms with Gasteiger partial charge in [-0.1, -0.05) is 6.07 Å². The molecule has 0 spiro atoms. The zero-order chi connectivity index (χ0) is 12.1. The summed E-state index contributed by atoms with van der Waals surface area (Å²) in [7, 11) is 0. The number of benzene rings is 1. The Labute approximate surface area is 109 Å². The van der Waals surface area contributed by atoms with E-state index in [4.69, 9.17) is 5.11 Å². The van der Waals surface area contributed by atoms with Crippen LogP contribution in [0.2, 0.25) is 0 Å². The molecule has 0 heterocycles. The Balaban J connectivity index is 2.95. The molecule has 1 aromatic carbocycles. The molecule has 0 bridgehead atoms. The maximum absolute atomic E-state index is 10.6. The zero-order valence-corrected chi connectivity index (χ0v) is 11.3. The molecule has 0 fully saturated rings. The summed E-state index contributed by atoms with van der Waals surface area (Å²) < 4.78 is 1.68. The highest BCUT2D eigenvalue weighted by Gasteiger charge is 2.15. The molecular formula is C10H9Br2NO3. The smallest absolute Gasteiger partial charge is 0.305 e. The number of carbonyl (C=O) groups excluding carboxylic acids is 1. The number of carboxylic acids is 1. The molecule has 1 atom stereocenters. The van der Waals surface area contributed by atoms with Gasteiger partial charge in [-0.25, -0.2) is 0 Å². The van der Waals surface area contributed by atoms with Crippen LogP contribution in [0, 0.1) is 0 Å². The molecule has 0 aromatic heterocycles. The molecule has 0 aliphatic carbocycles. The second kappa shape index (κ2) is 6.00. The second-order valence-electron chi connectivity index (χ2n) is 3.11. The molecule has 1 amide bonds. The molecule has 6 heteroatoms. The average Bonchev–Trinajstić information content (AvgIpc) is 2.21. The van der Waals surface area contributed by atoms with Gasteiger partial charge in [-0.15, -0.1) is 0 Å². The highest BCUT2D eigenvalue weighted by atomic mass is 79.9. The van der Waals surface area contributed by atoms with Gasteiger partial charge in [0.15, 0.2) is 0 Å². The van der Waals surface area contributed by atoms with E-state index in [1.165, 1.54) is 0 Å². The van der Waals surface area contributed by atoms with Crippen molar-refractivity contribution in [2.75, 3.05) is 0 Å². The summed E-state index contributed by atoms with van der Waals surface area (Å²) in [6.45, 7) is 0. The largest absolute Gasteiger partial charge is 0.481 e. The third kappa shape index (κ3) is 3.61. The fourth-order valence-electron chi connectivity index (χ4n) is 1.26. The molecule has 0 unspecified atom stereocenters. The summed E-state index contributed by atoms with van der Waals surface area (Å²) in [5.41, 5.74) is 0.740. The molecule has 2 N–H and O–H groups in total. The minimum atomic E-state index is -0.960. The van der Waals surface area contributed by atoms with Crippen molar-refractivity contribution in [3.05, 3.63) is 32.7 Å². The van der Waals surface area contributed by atoms with Crippen LogP contribution in [0.4, 0.5) is 0 Å². The Morgan fingerprint density at radius 2 is 2.12 bits per heavy atom. The highest BCUT2D eigenvalue weighted by molar-refractivity contribution is 9.13. The number of halogens is 2. The van der Waals surface area contributed by atoms with Gasteiger partial charge in [0, 0.05) is 8.95 Å². The molecule has 0 aliphatic heterocycles. The van der Waals surface area contributed by atoms with Crippen molar-refractivity contribution in [3.8, 4) is 0 Å². The van der Waals surface area contributed by atoms with E-state index in [1.54, 1.807) is 18.2 Å². The predicted octanol–water partition coefficient (Wildman–Crippen LogP) is 2.47. The minimum absolute atomic E-state index is 0.146. The van der Waals surface area contributed by atoms with E-state index in [-0.39, 0.29) is 6.42 Å². The molecule has 4 nitrogen and oxygen atoms in total. The van der Waals surface area contributed by atoms with Crippen LogP contribution in [0.3, 0.4) is 0 Å². The number of rotatable bonds is 5. The van der Waals surface area contributed by atoms with Crippen LogP contribution in [-0.4, -0.2) is 17.5 Å². The van der Waals surface area contributed by atoms with Crippen molar-refractivity contribution in [3.63, 3.8) is 0 Å². The van der Waals surface area contributed by atoms with E-state index in [0.29, 0.717) is 6.41 Å². The van der Waals surface area contributed by atoms with E-state index < -0.39 is 12.0 Å². The monoisotopic (exact) mass is 349 g/mol. The van der Waals surface area contributed by atoms with Crippen molar-refractivity contribution in [2.45, 2.75) is 12.5 Å². The molecule has 0 saturated carbocycles. The maximum atomic E-state index is 10.6. The number of hydrogen-bond acceptors (Lipinski definition) is 2. The van der Waals surface area contributed by atoms with Gasteiger partial charge in [0.25, 0.3) is 0 Å². The summed E-state index contributed by atoms with van der Waals surface area (Å²) in [6.07, 6.45) is 0.358. The van der Waals surface area contributed by atoms with Gasteiger partial charge in [-0.05, 0) is 49.6 Å². The van der Waals surface area contributed by atoms with Gasteiger partial charge in [-0.2, -0.15) is 0 Å². The first-order valence-corrected chi connectivity index (χ1v) is 5.99. The second-order valence-corrected chi connectivity index (χ2v) is 4.82. The van der Waals surface area contributed by atoms with Crippen LogP contribution in [-0.2, 0) is 9.59 Å². The van der Waals surface area contributed by atoms with E-state index in [0.717, 1.165) is 14.5 Å². The van der Waals surface area contributed by atoms with Gasteiger partial charge >= 0.3 is 5.97 Å². The Morgan fingerprint density at radius 3 is 2.62 bits per heavy atom. The van der Waals surface area contributed by atoms with Gasteiger partial charge in [0.1, 0.15) is 0 Å². The van der Waals surface area contributed by atoms with Gasteiger partial charge in [0.2, 0.25) is 6.41 Å². The van der Waals surface area contributed by atoms with E-state index in [1.807, 2.05) is 0 Å². The number of nitrogens with one attached hydrogen (secondary N) is 1. The Morgan fingerprint density at radius 1 is 1.44 bits per heavy atom. The fourth-order valence-corrected chi connectivity index (χ4v) is 1.90. The van der Waals surface area contributed by atoms with Crippen molar-refractivity contribution in [1.82, 2.24) is 5.32 Å². The van der Waals surface area contributed by atoms with E-state index >= 15 is 0 Å². The molecule has 0 radical (unpaired) electrons. The van der Waals surface area contributed by atoms with E-state index in [2.05, 4.69) is 37.2 Å². The van der Waals surface area contributed by atoms with Crippen LogP contribution < -0.4 is 5.32 Å². The molecule has 1 aromatic rings. The topological polar surface area (TPSA) is 66.4 Å². The molecule has 86 valence electrons. The first kappa shape index (κ1) is 13.2. The highest BCUT2D eigenvalue weighted by Crippen LogP contribution is 2.27. The molecule has 16 heavy (non-hydrogen) atoms. The van der Waals surface area contributed by atoms with Crippen LogP contribution in [0.5, 0.6) is 0 Å². The van der Waals surface area contributed by atoms with Crippen LogP contribution in [0.1, 0.15) is 18.0 Å². The van der Waals surface area contributed by atoms with Crippen LogP contribution >= 0.6 is 31.9 Å². The summed E-state index contributed by atoms with van der Waals surface area (Å²) in [4.78, 5) is 21.0. The lowest BCUT2D eigenvalue weighted by Crippen LogP contribution is -2.22.